The highest BCUT2D eigenvalue weighted by atomic mass is 19.1. The van der Waals surface area contributed by atoms with Crippen molar-refractivity contribution in [3.05, 3.63) is 35.1 Å². The van der Waals surface area contributed by atoms with Crippen molar-refractivity contribution in [2.75, 3.05) is 19.6 Å². The van der Waals surface area contributed by atoms with Crippen LogP contribution in [0.2, 0.25) is 0 Å². The molecule has 2 rings (SSSR count). The molecular formula is C16H19F3N2O2. The van der Waals surface area contributed by atoms with Crippen molar-refractivity contribution in [3.8, 4) is 0 Å². The number of piperidine rings is 1. The number of benzene rings is 1. The molecule has 23 heavy (non-hydrogen) atoms. The van der Waals surface area contributed by atoms with Crippen LogP contribution in [0.3, 0.4) is 0 Å². The van der Waals surface area contributed by atoms with Crippen molar-refractivity contribution in [2.24, 2.45) is 11.7 Å². The maximum Gasteiger partial charge on any atom is 0.222 e. The standard InChI is InChI=1S/C16H19F3N2O2/c17-11-8-12(18)15(13(19)9-11)16(23)10-3-6-21(7-4-10)14(22)2-1-5-20/h8-10H,1-7,20H2. The molecule has 1 amide bonds. The Balaban J connectivity index is 2.00. The van der Waals surface area contributed by atoms with E-state index in [1.165, 1.54) is 0 Å². The monoisotopic (exact) mass is 328 g/mol. The van der Waals surface area contributed by atoms with Gasteiger partial charge in [-0.25, -0.2) is 13.2 Å². The largest absolute Gasteiger partial charge is 0.343 e. The third kappa shape index (κ3) is 4.10. The minimum atomic E-state index is -1.19. The lowest BCUT2D eigenvalue weighted by atomic mass is 9.88. The second-order valence-corrected chi connectivity index (χ2v) is 5.66. The molecule has 0 spiro atoms. The normalized spacial score (nSPS) is 15.7. The Hall–Kier alpha value is -1.89. The molecule has 0 atom stereocenters. The molecule has 1 heterocycles. The SMILES string of the molecule is NCCCC(=O)N1CCC(C(=O)c2c(F)cc(F)cc2F)CC1. The second-order valence-electron chi connectivity index (χ2n) is 5.66. The van der Waals surface area contributed by atoms with E-state index < -0.39 is 34.7 Å². The van der Waals surface area contributed by atoms with E-state index >= 15 is 0 Å². The van der Waals surface area contributed by atoms with Crippen LogP contribution in [-0.2, 0) is 4.79 Å². The van der Waals surface area contributed by atoms with Crippen molar-refractivity contribution in [3.63, 3.8) is 0 Å². The van der Waals surface area contributed by atoms with Gasteiger partial charge in [-0.05, 0) is 25.8 Å². The number of likely N-dealkylation sites (tertiary alicyclic amines) is 1. The lowest BCUT2D eigenvalue weighted by Gasteiger charge is -2.31. The highest BCUT2D eigenvalue weighted by Crippen LogP contribution is 2.25. The molecule has 0 unspecified atom stereocenters. The Labute approximate surface area is 132 Å². The minimum absolute atomic E-state index is 0.0273. The first-order chi connectivity index (χ1) is 10.9. The molecular weight excluding hydrogens is 309 g/mol. The molecule has 1 aromatic rings. The van der Waals surface area contributed by atoms with Gasteiger partial charge in [0.1, 0.15) is 17.5 Å². The number of halogens is 3. The third-order valence-electron chi connectivity index (χ3n) is 4.07. The molecule has 0 saturated carbocycles. The fourth-order valence-electron chi connectivity index (χ4n) is 2.78. The van der Waals surface area contributed by atoms with Gasteiger partial charge in [0.2, 0.25) is 5.91 Å². The van der Waals surface area contributed by atoms with Crippen LogP contribution < -0.4 is 5.73 Å². The van der Waals surface area contributed by atoms with Gasteiger partial charge in [-0.2, -0.15) is 0 Å². The Morgan fingerprint density at radius 2 is 1.70 bits per heavy atom. The number of hydrogen-bond acceptors (Lipinski definition) is 3. The number of rotatable bonds is 5. The zero-order chi connectivity index (χ0) is 17.0. The lowest BCUT2D eigenvalue weighted by molar-refractivity contribution is -0.132. The maximum atomic E-state index is 13.7. The van der Waals surface area contributed by atoms with Crippen molar-refractivity contribution in [2.45, 2.75) is 25.7 Å². The van der Waals surface area contributed by atoms with Crippen LogP contribution in [0, 0.1) is 23.4 Å². The molecule has 1 aliphatic heterocycles. The van der Waals surface area contributed by atoms with E-state index in [4.69, 9.17) is 5.73 Å². The molecule has 0 aromatic heterocycles. The number of ketones is 1. The van der Waals surface area contributed by atoms with E-state index in [-0.39, 0.29) is 5.91 Å². The molecule has 1 aromatic carbocycles. The lowest BCUT2D eigenvalue weighted by Crippen LogP contribution is -2.40. The fraction of sp³-hybridized carbons (Fsp3) is 0.500. The number of nitrogens with two attached hydrogens (primary N) is 1. The number of hydrogen-bond donors (Lipinski definition) is 1. The van der Waals surface area contributed by atoms with Gasteiger partial charge in [0.05, 0.1) is 5.56 Å². The Bertz CT molecular complexity index is 576. The average molecular weight is 328 g/mol. The van der Waals surface area contributed by atoms with Gasteiger partial charge >= 0.3 is 0 Å². The van der Waals surface area contributed by atoms with Gasteiger partial charge in [0.15, 0.2) is 5.78 Å². The number of carbonyl (C=O) groups is 2. The van der Waals surface area contributed by atoms with Gasteiger partial charge in [0, 0.05) is 37.6 Å². The fourth-order valence-corrected chi connectivity index (χ4v) is 2.78. The summed E-state index contributed by atoms with van der Waals surface area (Å²) in [4.78, 5) is 25.8. The molecule has 4 nitrogen and oxygen atoms in total. The summed E-state index contributed by atoms with van der Waals surface area (Å²) in [5.41, 5.74) is 4.66. The molecule has 0 bridgehead atoms. The predicted molar refractivity (Wildman–Crippen MR) is 78.2 cm³/mol. The highest BCUT2D eigenvalue weighted by molar-refractivity contribution is 5.98. The summed E-state index contributed by atoms with van der Waals surface area (Å²) in [5, 5.41) is 0. The summed E-state index contributed by atoms with van der Waals surface area (Å²) in [7, 11) is 0. The Kier molecular flexibility index (Phi) is 5.76. The zero-order valence-electron chi connectivity index (χ0n) is 12.7. The summed E-state index contributed by atoms with van der Waals surface area (Å²) in [6.07, 6.45) is 1.63. The van der Waals surface area contributed by atoms with E-state index in [0.717, 1.165) is 0 Å². The van der Waals surface area contributed by atoms with Crippen LogP contribution >= 0.6 is 0 Å². The van der Waals surface area contributed by atoms with Crippen molar-refractivity contribution >= 4 is 11.7 Å². The number of carbonyl (C=O) groups excluding carboxylic acids is 2. The van der Waals surface area contributed by atoms with Crippen LogP contribution in [0.4, 0.5) is 13.2 Å². The summed E-state index contributed by atoms with van der Waals surface area (Å²) in [6.45, 7) is 1.16. The number of nitrogens with zero attached hydrogens (tertiary/aromatic N) is 1. The third-order valence-corrected chi connectivity index (χ3v) is 4.07. The van der Waals surface area contributed by atoms with Crippen molar-refractivity contribution in [1.29, 1.82) is 0 Å². The van der Waals surface area contributed by atoms with E-state index in [9.17, 15) is 22.8 Å². The van der Waals surface area contributed by atoms with Crippen molar-refractivity contribution < 1.29 is 22.8 Å². The first kappa shape index (κ1) is 17.5. The van der Waals surface area contributed by atoms with E-state index in [1.54, 1.807) is 4.90 Å². The van der Waals surface area contributed by atoms with Crippen LogP contribution in [0.5, 0.6) is 0 Å². The van der Waals surface area contributed by atoms with Crippen LogP contribution in [-0.4, -0.2) is 36.2 Å². The van der Waals surface area contributed by atoms with Crippen LogP contribution in [0.1, 0.15) is 36.0 Å². The average Bonchev–Trinajstić information content (AvgIpc) is 2.51. The summed E-state index contributed by atoms with van der Waals surface area (Å²) in [6, 6.07) is 1.00. The number of amides is 1. The Morgan fingerprint density at radius 1 is 1.13 bits per heavy atom. The van der Waals surface area contributed by atoms with Gasteiger partial charge in [-0.15, -0.1) is 0 Å². The van der Waals surface area contributed by atoms with E-state index in [1.807, 2.05) is 0 Å². The molecule has 0 radical (unpaired) electrons. The maximum absolute atomic E-state index is 13.7. The van der Waals surface area contributed by atoms with Gasteiger partial charge < -0.3 is 10.6 Å². The topological polar surface area (TPSA) is 63.4 Å². The molecule has 7 heteroatoms. The summed E-state index contributed by atoms with van der Waals surface area (Å²) in [5.74, 6) is -4.70. The van der Waals surface area contributed by atoms with Gasteiger partial charge in [-0.1, -0.05) is 0 Å². The molecule has 1 saturated heterocycles. The van der Waals surface area contributed by atoms with Gasteiger partial charge in [0.25, 0.3) is 0 Å². The molecule has 126 valence electrons. The van der Waals surface area contributed by atoms with Crippen molar-refractivity contribution in [1.82, 2.24) is 4.90 Å². The van der Waals surface area contributed by atoms with E-state index in [0.29, 0.717) is 57.5 Å². The minimum Gasteiger partial charge on any atom is -0.343 e. The predicted octanol–water partition coefficient (Wildman–Crippen LogP) is 2.26. The molecule has 1 aliphatic rings. The quantitative estimate of drug-likeness (QED) is 0.843. The second kappa shape index (κ2) is 7.59. The smallest absolute Gasteiger partial charge is 0.222 e. The van der Waals surface area contributed by atoms with Gasteiger partial charge in [-0.3, -0.25) is 9.59 Å². The first-order valence-electron chi connectivity index (χ1n) is 7.60. The highest BCUT2D eigenvalue weighted by Gasteiger charge is 2.31. The first-order valence-corrected chi connectivity index (χ1v) is 7.60. The molecule has 2 N–H and O–H groups in total. The molecule has 1 fully saturated rings. The number of Topliss-reactive ketones (excluding diaryl/α,β-unsaturated/α-hetero) is 1. The summed E-state index contributed by atoms with van der Waals surface area (Å²) < 4.78 is 40.3. The van der Waals surface area contributed by atoms with E-state index in [2.05, 4.69) is 0 Å². The van der Waals surface area contributed by atoms with Crippen LogP contribution in [0.15, 0.2) is 12.1 Å². The summed E-state index contributed by atoms with van der Waals surface area (Å²) >= 11 is 0. The van der Waals surface area contributed by atoms with Crippen LogP contribution in [0.25, 0.3) is 0 Å². The zero-order valence-corrected chi connectivity index (χ0v) is 12.7. The molecule has 0 aliphatic carbocycles. The Morgan fingerprint density at radius 3 is 2.22 bits per heavy atom.